The van der Waals surface area contributed by atoms with Crippen LogP contribution in [0.3, 0.4) is 0 Å². The summed E-state index contributed by atoms with van der Waals surface area (Å²) in [5.74, 6) is 0. The summed E-state index contributed by atoms with van der Waals surface area (Å²) in [5.41, 5.74) is 0. The van der Waals surface area contributed by atoms with Gasteiger partial charge in [0.2, 0.25) is 0 Å². The number of rotatable bonds is 4. The maximum atomic E-state index is 11.2. The van der Waals surface area contributed by atoms with Gasteiger partial charge >= 0.3 is 6.09 Å². The fraction of sp³-hybridized carbons (Fsp3) is 0.727. The lowest BCUT2D eigenvalue weighted by Crippen LogP contribution is -2.29. The molecule has 92 valence electrons. The molecule has 1 aliphatic rings. The third-order valence-electron chi connectivity index (χ3n) is 2.31. The first-order valence-corrected chi connectivity index (χ1v) is 5.50. The number of ether oxygens (including phenoxy) is 2. The van der Waals surface area contributed by atoms with Gasteiger partial charge in [-0.2, -0.15) is 0 Å². The van der Waals surface area contributed by atoms with Crippen molar-refractivity contribution in [2.75, 3.05) is 20.7 Å². The van der Waals surface area contributed by atoms with Crippen LogP contribution in [0.25, 0.3) is 0 Å². The summed E-state index contributed by atoms with van der Waals surface area (Å²) in [6.45, 7) is 2.27. The van der Waals surface area contributed by atoms with Crippen LogP contribution in [0.5, 0.6) is 0 Å². The molecular weight excluding hydrogens is 208 g/mol. The van der Waals surface area contributed by atoms with Crippen molar-refractivity contribution >= 4 is 6.09 Å². The Balaban J connectivity index is 2.19. The Hall–Kier alpha value is -1.23. The van der Waals surface area contributed by atoms with Gasteiger partial charge in [0.1, 0.15) is 12.8 Å². The van der Waals surface area contributed by atoms with Gasteiger partial charge in [0, 0.05) is 14.1 Å². The van der Waals surface area contributed by atoms with Gasteiger partial charge in [-0.15, -0.1) is 0 Å². The van der Waals surface area contributed by atoms with Gasteiger partial charge < -0.3 is 19.7 Å². The fourth-order valence-electron chi connectivity index (χ4n) is 1.45. The van der Waals surface area contributed by atoms with Crippen LogP contribution in [0, 0.1) is 0 Å². The van der Waals surface area contributed by atoms with E-state index in [4.69, 9.17) is 9.47 Å². The van der Waals surface area contributed by atoms with E-state index < -0.39 is 0 Å². The van der Waals surface area contributed by atoms with E-state index in [1.54, 1.807) is 14.1 Å². The van der Waals surface area contributed by atoms with E-state index in [1.165, 1.54) is 4.90 Å². The second-order valence-electron chi connectivity index (χ2n) is 3.96. The average Bonchev–Trinajstić information content (AvgIpc) is 2.70. The van der Waals surface area contributed by atoms with E-state index in [-0.39, 0.29) is 18.4 Å². The molecule has 0 spiro atoms. The first-order chi connectivity index (χ1) is 7.63. The summed E-state index contributed by atoms with van der Waals surface area (Å²) >= 11 is 0. The summed E-state index contributed by atoms with van der Waals surface area (Å²) in [6, 6.07) is 0. The zero-order valence-electron chi connectivity index (χ0n) is 10.1. The molecule has 0 bridgehead atoms. The van der Waals surface area contributed by atoms with Crippen molar-refractivity contribution in [1.29, 1.82) is 0 Å². The largest absolute Gasteiger partial charge is 0.447 e. The predicted octanol–water partition coefficient (Wildman–Crippen LogP) is 1.31. The van der Waals surface area contributed by atoms with Crippen molar-refractivity contribution in [2.24, 2.45) is 0 Å². The molecule has 0 aromatic carbocycles. The number of nitrogens with one attached hydrogen (secondary N) is 1. The number of nitrogens with zero attached hydrogens (tertiary/aromatic N) is 1. The monoisotopic (exact) mass is 228 g/mol. The van der Waals surface area contributed by atoms with Crippen LogP contribution in [0.1, 0.15) is 19.8 Å². The summed E-state index contributed by atoms with van der Waals surface area (Å²) in [5, 5.41) is 3.12. The molecule has 0 aliphatic carbocycles. The van der Waals surface area contributed by atoms with E-state index in [0.29, 0.717) is 6.61 Å². The lowest BCUT2D eigenvalue weighted by Gasteiger charge is -2.16. The third kappa shape index (κ3) is 4.10. The molecule has 16 heavy (non-hydrogen) atoms. The molecule has 2 unspecified atom stereocenters. The summed E-state index contributed by atoms with van der Waals surface area (Å²) in [6.07, 6.45) is 5.35. The quantitative estimate of drug-likeness (QED) is 0.788. The number of hydrogen-bond acceptors (Lipinski definition) is 4. The highest BCUT2D eigenvalue weighted by molar-refractivity contribution is 5.66. The highest BCUT2D eigenvalue weighted by Gasteiger charge is 2.25. The molecule has 0 saturated carbocycles. The molecule has 0 aromatic heterocycles. The van der Waals surface area contributed by atoms with Crippen LogP contribution in [0.15, 0.2) is 12.3 Å². The molecule has 1 heterocycles. The summed E-state index contributed by atoms with van der Waals surface area (Å²) in [7, 11) is 3.32. The van der Waals surface area contributed by atoms with Gasteiger partial charge in [-0.1, -0.05) is 6.08 Å². The summed E-state index contributed by atoms with van der Waals surface area (Å²) < 4.78 is 10.7. The minimum absolute atomic E-state index is 0.00616. The summed E-state index contributed by atoms with van der Waals surface area (Å²) in [4.78, 5) is 12.6. The minimum Gasteiger partial charge on any atom is -0.447 e. The maximum absolute atomic E-state index is 11.2. The number of carbonyl (C=O) groups is 1. The Bertz CT molecular complexity index is 254. The van der Waals surface area contributed by atoms with E-state index in [2.05, 4.69) is 5.32 Å². The molecule has 0 radical (unpaired) electrons. The van der Waals surface area contributed by atoms with Crippen LogP contribution >= 0.6 is 0 Å². The highest BCUT2D eigenvalue weighted by atomic mass is 16.6. The van der Waals surface area contributed by atoms with Crippen LogP contribution in [-0.2, 0) is 9.47 Å². The number of allylic oxidation sites excluding steroid dienone is 1. The van der Waals surface area contributed by atoms with Crippen molar-refractivity contribution in [1.82, 2.24) is 10.2 Å². The van der Waals surface area contributed by atoms with Gasteiger partial charge in [0.15, 0.2) is 0 Å². The molecule has 1 N–H and O–H groups in total. The number of amides is 1. The Kier molecular flexibility index (Phi) is 5.11. The second kappa shape index (κ2) is 6.37. The Labute approximate surface area is 96.4 Å². The maximum Gasteiger partial charge on any atom is 0.409 e. The molecule has 1 amide bonds. The highest BCUT2D eigenvalue weighted by Crippen LogP contribution is 2.18. The van der Waals surface area contributed by atoms with Gasteiger partial charge in [-0.3, -0.25) is 0 Å². The molecule has 5 heteroatoms. The average molecular weight is 228 g/mol. The van der Waals surface area contributed by atoms with Crippen molar-refractivity contribution < 1.29 is 14.3 Å². The van der Waals surface area contributed by atoms with Crippen LogP contribution < -0.4 is 5.32 Å². The zero-order chi connectivity index (χ0) is 12.0. The second-order valence-corrected chi connectivity index (χ2v) is 3.96. The standard InChI is InChI=1S/C11H20N2O3/c1-4-7-12-10-6-5-9(16-10)8-15-11(14)13(2)3/h4,7,9-10,12H,5-6,8H2,1-3H3/b7-4-. The number of carbonyl (C=O) groups excluding carboxylic acids is 1. The van der Waals surface area contributed by atoms with Crippen LogP contribution in [0.4, 0.5) is 4.79 Å². The lowest BCUT2D eigenvalue weighted by molar-refractivity contribution is -0.00706. The van der Waals surface area contributed by atoms with Crippen molar-refractivity contribution in [3.05, 3.63) is 12.3 Å². The number of hydrogen-bond donors (Lipinski definition) is 1. The van der Waals surface area contributed by atoms with E-state index >= 15 is 0 Å². The molecule has 0 aromatic rings. The van der Waals surface area contributed by atoms with Crippen LogP contribution in [-0.4, -0.2) is 44.0 Å². The molecule has 5 nitrogen and oxygen atoms in total. The normalized spacial score (nSPS) is 24.7. The SMILES string of the molecule is C/C=C\NC1CCC(COC(=O)N(C)C)O1. The molecular formula is C11H20N2O3. The van der Waals surface area contributed by atoms with Crippen molar-refractivity contribution in [2.45, 2.75) is 32.1 Å². The smallest absolute Gasteiger partial charge is 0.409 e. The minimum atomic E-state index is -0.325. The third-order valence-corrected chi connectivity index (χ3v) is 2.31. The topological polar surface area (TPSA) is 50.8 Å². The Morgan fingerprint density at radius 3 is 2.94 bits per heavy atom. The van der Waals surface area contributed by atoms with E-state index in [0.717, 1.165) is 12.8 Å². The zero-order valence-corrected chi connectivity index (χ0v) is 10.1. The van der Waals surface area contributed by atoms with E-state index in [9.17, 15) is 4.79 Å². The molecule has 1 fully saturated rings. The first kappa shape index (κ1) is 12.8. The molecule has 2 atom stereocenters. The van der Waals surface area contributed by atoms with Gasteiger partial charge in [0.25, 0.3) is 0 Å². The van der Waals surface area contributed by atoms with Crippen LogP contribution in [0.2, 0.25) is 0 Å². The van der Waals surface area contributed by atoms with Crippen molar-refractivity contribution in [3.63, 3.8) is 0 Å². The Morgan fingerprint density at radius 2 is 2.31 bits per heavy atom. The van der Waals surface area contributed by atoms with Gasteiger partial charge in [-0.25, -0.2) is 4.79 Å². The fourth-order valence-corrected chi connectivity index (χ4v) is 1.45. The van der Waals surface area contributed by atoms with Gasteiger partial charge in [0.05, 0.1) is 6.10 Å². The van der Waals surface area contributed by atoms with E-state index in [1.807, 2.05) is 19.2 Å². The predicted molar refractivity (Wildman–Crippen MR) is 60.9 cm³/mol. The lowest BCUT2D eigenvalue weighted by atomic mass is 10.2. The van der Waals surface area contributed by atoms with Crippen molar-refractivity contribution in [3.8, 4) is 0 Å². The molecule has 1 aliphatic heterocycles. The Morgan fingerprint density at radius 1 is 1.56 bits per heavy atom. The first-order valence-electron chi connectivity index (χ1n) is 5.50. The molecule has 1 saturated heterocycles. The van der Waals surface area contributed by atoms with Gasteiger partial charge in [-0.05, 0) is 26.0 Å². The molecule has 1 rings (SSSR count).